The second-order valence-electron chi connectivity index (χ2n) is 5.28. The van der Waals surface area contributed by atoms with Crippen molar-refractivity contribution in [1.82, 2.24) is 10.2 Å². The first-order valence-corrected chi connectivity index (χ1v) is 6.79. The van der Waals surface area contributed by atoms with Gasteiger partial charge >= 0.3 is 6.03 Å². The molecule has 1 aromatic carbocycles. The largest absolute Gasteiger partial charge is 0.338 e. The van der Waals surface area contributed by atoms with Crippen molar-refractivity contribution in [3.63, 3.8) is 0 Å². The molecule has 0 fully saturated rings. The first-order chi connectivity index (χ1) is 9.00. The Hall–Kier alpha value is -1.55. The van der Waals surface area contributed by atoms with Crippen molar-refractivity contribution in [2.75, 3.05) is 32.5 Å². The summed E-state index contributed by atoms with van der Waals surface area (Å²) in [6.45, 7) is 5.90. The van der Waals surface area contributed by atoms with E-state index in [1.807, 2.05) is 38.4 Å². The van der Waals surface area contributed by atoms with E-state index < -0.39 is 0 Å². The first kappa shape index (κ1) is 15.5. The van der Waals surface area contributed by atoms with E-state index in [1.54, 1.807) is 0 Å². The lowest BCUT2D eigenvalue weighted by Crippen LogP contribution is -2.31. The van der Waals surface area contributed by atoms with Crippen LogP contribution in [0.2, 0.25) is 0 Å². The molecule has 1 aromatic rings. The second-order valence-corrected chi connectivity index (χ2v) is 5.28. The number of carbonyl (C=O) groups excluding carboxylic acids is 1. The second kappa shape index (κ2) is 7.79. The van der Waals surface area contributed by atoms with Crippen molar-refractivity contribution >= 4 is 11.7 Å². The summed E-state index contributed by atoms with van der Waals surface area (Å²) in [5.74, 6) is 0.394. The molecule has 0 unspecified atom stereocenters. The molecule has 0 aliphatic carbocycles. The van der Waals surface area contributed by atoms with Crippen LogP contribution in [-0.4, -0.2) is 38.1 Å². The van der Waals surface area contributed by atoms with Crippen molar-refractivity contribution in [2.24, 2.45) is 0 Å². The molecule has 0 aromatic heterocycles. The summed E-state index contributed by atoms with van der Waals surface area (Å²) in [6, 6.07) is 7.79. The van der Waals surface area contributed by atoms with Gasteiger partial charge in [-0.05, 0) is 44.6 Å². The molecule has 1 rings (SSSR count). The average molecular weight is 263 g/mol. The lowest BCUT2D eigenvalue weighted by molar-refractivity contribution is 0.251. The third kappa shape index (κ3) is 5.75. The number of urea groups is 1. The number of para-hydroxylation sites is 1. The molecule has 0 heterocycles. The third-order valence-corrected chi connectivity index (χ3v) is 2.90. The van der Waals surface area contributed by atoms with Crippen molar-refractivity contribution in [3.8, 4) is 0 Å². The van der Waals surface area contributed by atoms with Crippen molar-refractivity contribution in [2.45, 2.75) is 26.2 Å². The fourth-order valence-corrected chi connectivity index (χ4v) is 1.88. The highest BCUT2D eigenvalue weighted by atomic mass is 16.2. The summed E-state index contributed by atoms with van der Waals surface area (Å²) >= 11 is 0. The topological polar surface area (TPSA) is 44.4 Å². The van der Waals surface area contributed by atoms with E-state index in [0.717, 1.165) is 24.2 Å². The van der Waals surface area contributed by atoms with Gasteiger partial charge < -0.3 is 15.5 Å². The van der Waals surface area contributed by atoms with Gasteiger partial charge in [-0.3, -0.25) is 0 Å². The minimum absolute atomic E-state index is 0.133. The molecular weight excluding hydrogens is 238 g/mol. The summed E-state index contributed by atoms with van der Waals surface area (Å²) in [5, 5.41) is 5.79. The molecule has 0 radical (unpaired) electrons. The van der Waals surface area contributed by atoms with E-state index in [2.05, 4.69) is 29.4 Å². The maximum Gasteiger partial charge on any atom is 0.319 e. The molecular formula is C15H25N3O. The summed E-state index contributed by atoms with van der Waals surface area (Å²) in [5.41, 5.74) is 2.05. The van der Waals surface area contributed by atoms with Gasteiger partial charge in [0.1, 0.15) is 0 Å². The molecule has 0 aliphatic rings. The molecule has 0 atom stereocenters. The van der Waals surface area contributed by atoms with Gasteiger partial charge in [0.15, 0.2) is 0 Å². The fourth-order valence-electron chi connectivity index (χ4n) is 1.88. The van der Waals surface area contributed by atoms with Gasteiger partial charge in [-0.15, -0.1) is 0 Å². The predicted octanol–water partition coefficient (Wildman–Crippen LogP) is 2.88. The molecule has 19 heavy (non-hydrogen) atoms. The molecule has 2 amide bonds. The normalized spacial score (nSPS) is 10.8. The molecule has 2 N–H and O–H groups in total. The van der Waals surface area contributed by atoms with Gasteiger partial charge in [-0.1, -0.05) is 32.0 Å². The molecule has 106 valence electrons. The Morgan fingerprint density at radius 1 is 1.26 bits per heavy atom. The van der Waals surface area contributed by atoms with E-state index in [0.29, 0.717) is 12.5 Å². The number of benzene rings is 1. The lowest BCUT2D eigenvalue weighted by atomic mass is 10.0. The molecule has 0 spiro atoms. The Morgan fingerprint density at radius 2 is 1.95 bits per heavy atom. The zero-order valence-electron chi connectivity index (χ0n) is 12.4. The average Bonchev–Trinajstić information content (AvgIpc) is 2.35. The summed E-state index contributed by atoms with van der Waals surface area (Å²) in [7, 11) is 4.05. The smallest absolute Gasteiger partial charge is 0.319 e. The van der Waals surface area contributed by atoms with Crippen molar-refractivity contribution < 1.29 is 4.79 Å². The fraction of sp³-hybridized carbons (Fsp3) is 0.533. The number of hydrogen-bond donors (Lipinski definition) is 2. The van der Waals surface area contributed by atoms with Crippen LogP contribution < -0.4 is 10.6 Å². The molecule has 4 heteroatoms. The summed E-state index contributed by atoms with van der Waals surface area (Å²) in [6.07, 6.45) is 0.951. The molecule has 4 nitrogen and oxygen atoms in total. The van der Waals surface area contributed by atoms with Crippen molar-refractivity contribution in [3.05, 3.63) is 29.8 Å². The number of hydrogen-bond acceptors (Lipinski definition) is 2. The quantitative estimate of drug-likeness (QED) is 0.775. The first-order valence-electron chi connectivity index (χ1n) is 6.79. The highest BCUT2D eigenvalue weighted by Gasteiger charge is 2.08. The number of nitrogens with zero attached hydrogens (tertiary/aromatic N) is 1. The van der Waals surface area contributed by atoms with E-state index in [-0.39, 0.29) is 6.03 Å². The van der Waals surface area contributed by atoms with Gasteiger partial charge in [-0.2, -0.15) is 0 Å². The highest BCUT2D eigenvalue weighted by Crippen LogP contribution is 2.23. The minimum Gasteiger partial charge on any atom is -0.338 e. The van der Waals surface area contributed by atoms with Gasteiger partial charge in [0.05, 0.1) is 0 Å². The van der Waals surface area contributed by atoms with Gasteiger partial charge in [0, 0.05) is 12.2 Å². The van der Waals surface area contributed by atoms with Crippen LogP contribution in [0.15, 0.2) is 24.3 Å². The Labute approximate surface area is 116 Å². The van der Waals surface area contributed by atoms with Crippen LogP contribution in [0, 0.1) is 0 Å². The predicted molar refractivity (Wildman–Crippen MR) is 80.7 cm³/mol. The Bertz CT molecular complexity index is 402. The Kier molecular flexibility index (Phi) is 6.36. The summed E-state index contributed by atoms with van der Waals surface area (Å²) in [4.78, 5) is 13.9. The van der Waals surface area contributed by atoms with E-state index in [4.69, 9.17) is 0 Å². The van der Waals surface area contributed by atoms with E-state index in [1.165, 1.54) is 0 Å². The Balaban J connectivity index is 2.44. The van der Waals surface area contributed by atoms with Crippen LogP contribution in [0.3, 0.4) is 0 Å². The monoisotopic (exact) mass is 263 g/mol. The maximum atomic E-state index is 11.8. The lowest BCUT2D eigenvalue weighted by Gasteiger charge is -2.14. The van der Waals surface area contributed by atoms with Crippen LogP contribution in [0.25, 0.3) is 0 Å². The van der Waals surface area contributed by atoms with Crippen LogP contribution in [0.4, 0.5) is 10.5 Å². The number of carbonyl (C=O) groups is 1. The SMILES string of the molecule is CC(C)c1ccccc1NC(=O)NCCCN(C)C. The van der Waals surface area contributed by atoms with Gasteiger partial charge in [0.25, 0.3) is 0 Å². The molecule has 0 saturated carbocycles. The standard InChI is InChI=1S/C15H25N3O/c1-12(2)13-8-5-6-9-14(13)17-15(19)16-10-7-11-18(3)4/h5-6,8-9,12H,7,10-11H2,1-4H3,(H2,16,17,19). The molecule has 0 bridgehead atoms. The number of nitrogens with one attached hydrogen (secondary N) is 2. The van der Waals surface area contributed by atoms with Crippen LogP contribution in [-0.2, 0) is 0 Å². The highest BCUT2D eigenvalue weighted by molar-refractivity contribution is 5.90. The molecule has 0 saturated heterocycles. The minimum atomic E-state index is -0.133. The number of amides is 2. The number of anilines is 1. The summed E-state index contributed by atoms with van der Waals surface area (Å²) < 4.78 is 0. The van der Waals surface area contributed by atoms with E-state index in [9.17, 15) is 4.79 Å². The third-order valence-electron chi connectivity index (χ3n) is 2.90. The van der Waals surface area contributed by atoms with Crippen molar-refractivity contribution in [1.29, 1.82) is 0 Å². The van der Waals surface area contributed by atoms with Gasteiger partial charge in [0.2, 0.25) is 0 Å². The Morgan fingerprint density at radius 3 is 2.58 bits per heavy atom. The van der Waals surface area contributed by atoms with Crippen LogP contribution in [0.5, 0.6) is 0 Å². The maximum absolute atomic E-state index is 11.8. The molecule has 0 aliphatic heterocycles. The zero-order chi connectivity index (χ0) is 14.3. The van der Waals surface area contributed by atoms with Gasteiger partial charge in [-0.25, -0.2) is 4.79 Å². The van der Waals surface area contributed by atoms with Crippen LogP contribution >= 0.6 is 0 Å². The van der Waals surface area contributed by atoms with Crippen LogP contribution in [0.1, 0.15) is 31.7 Å². The zero-order valence-corrected chi connectivity index (χ0v) is 12.4. The van der Waals surface area contributed by atoms with E-state index >= 15 is 0 Å². The number of rotatable bonds is 6.